The van der Waals surface area contributed by atoms with Gasteiger partial charge in [0.05, 0.1) is 11.9 Å². The third-order valence-corrected chi connectivity index (χ3v) is 3.64. The van der Waals surface area contributed by atoms with Gasteiger partial charge >= 0.3 is 0 Å². The van der Waals surface area contributed by atoms with E-state index in [4.69, 9.17) is 0 Å². The second-order valence-corrected chi connectivity index (χ2v) is 5.34. The lowest BCUT2D eigenvalue weighted by molar-refractivity contribution is 1.08. The molecule has 0 radical (unpaired) electrons. The molecule has 0 aliphatic heterocycles. The first kappa shape index (κ1) is 16.1. The number of aromatic nitrogens is 2. The van der Waals surface area contributed by atoms with Crippen LogP contribution in [0.1, 0.15) is 16.7 Å². The highest BCUT2D eigenvalue weighted by molar-refractivity contribution is 5.82. The average molecular weight is 329 g/mol. The van der Waals surface area contributed by atoms with Crippen LogP contribution in [0.3, 0.4) is 0 Å². The number of aryl methyl sites for hydroxylation is 1. The lowest BCUT2D eigenvalue weighted by Crippen LogP contribution is -2.16. The van der Waals surface area contributed by atoms with Crippen LogP contribution in [0.4, 0.5) is 5.95 Å². The molecule has 0 aliphatic rings. The first-order valence-electron chi connectivity index (χ1n) is 7.63. The maximum absolute atomic E-state index is 12.1. The van der Waals surface area contributed by atoms with Crippen LogP contribution in [0.2, 0.25) is 0 Å². The van der Waals surface area contributed by atoms with E-state index in [0.29, 0.717) is 11.3 Å². The van der Waals surface area contributed by atoms with Gasteiger partial charge in [0.2, 0.25) is 5.95 Å². The smallest absolute Gasteiger partial charge is 0.270 e. The molecule has 0 fully saturated rings. The van der Waals surface area contributed by atoms with Crippen LogP contribution in [0.15, 0.2) is 64.5 Å². The fourth-order valence-corrected chi connectivity index (χ4v) is 2.33. The molecule has 3 rings (SSSR count). The Morgan fingerprint density at radius 2 is 1.88 bits per heavy atom. The number of anilines is 1. The molecule has 0 aliphatic carbocycles. The van der Waals surface area contributed by atoms with E-state index >= 15 is 0 Å². The van der Waals surface area contributed by atoms with Gasteiger partial charge < -0.3 is 0 Å². The van der Waals surface area contributed by atoms with Gasteiger partial charge in [0.1, 0.15) is 11.6 Å². The summed E-state index contributed by atoms with van der Waals surface area (Å²) in [5.41, 5.74) is 5.22. The molecule has 3 aromatic rings. The molecular formula is C19H15N5O. The van der Waals surface area contributed by atoms with E-state index < -0.39 is 5.56 Å². The summed E-state index contributed by atoms with van der Waals surface area (Å²) in [5, 5.41) is 13.4. The van der Waals surface area contributed by atoms with Crippen molar-refractivity contribution >= 4 is 12.2 Å². The van der Waals surface area contributed by atoms with E-state index in [1.807, 2.05) is 55.5 Å². The fourth-order valence-electron chi connectivity index (χ4n) is 2.33. The molecule has 6 heteroatoms. The van der Waals surface area contributed by atoms with Crippen LogP contribution >= 0.6 is 0 Å². The van der Waals surface area contributed by atoms with Gasteiger partial charge in [-0.15, -0.1) is 0 Å². The SMILES string of the molecule is Cc1ccccc1C=NNc1nc(-c2ccccc2)c(C#N)c(=O)[nH]1. The van der Waals surface area contributed by atoms with Crippen molar-refractivity contribution in [1.82, 2.24) is 9.97 Å². The van der Waals surface area contributed by atoms with E-state index in [-0.39, 0.29) is 11.5 Å². The second kappa shape index (κ2) is 7.23. The van der Waals surface area contributed by atoms with E-state index in [9.17, 15) is 10.1 Å². The van der Waals surface area contributed by atoms with Crippen molar-refractivity contribution in [2.45, 2.75) is 6.92 Å². The molecule has 0 bridgehead atoms. The molecule has 0 saturated heterocycles. The molecule has 2 aromatic carbocycles. The Labute approximate surface area is 144 Å². The summed E-state index contributed by atoms with van der Waals surface area (Å²) < 4.78 is 0. The number of nitriles is 1. The highest BCUT2D eigenvalue weighted by Gasteiger charge is 2.12. The van der Waals surface area contributed by atoms with Gasteiger partial charge in [-0.2, -0.15) is 10.4 Å². The van der Waals surface area contributed by atoms with Gasteiger partial charge in [-0.25, -0.2) is 10.4 Å². The van der Waals surface area contributed by atoms with Crippen molar-refractivity contribution in [3.63, 3.8) is 0 Å². The van der Waals surface area contributed by atoms with Gasteiger partial charge in [-0.1, -0.05) is 54.6 Å². The van der Waals surface area contributed by atoms with E-state index in [1.54, 1.807) is 18.3 Å². The molecule has 0 atom stereocenters. The second-order valence-electron chi connectivity index (χ2n) is 5.34. The number of hydrazone groups is 1. The lowest BCUT2D eigenvalue weighted by atomic mass is 10.1. The quantitative estimate of drug-likeness (QED) is 0.568. The molecule has 0 unspecified atom stereocenters. The van der Waals surface area contributed by atoms with Gasteiger partial charge in [0.25, 0.3) is 5.56 Å². The molecule has 0 spiro atoms. The Morgan fingerprint density at radius 3 is 2.60 bits per heavy atom. The third-order valence-electron chi connectivity index (χ3n) is 3.64. The summed E-state index contributed by atoms with van der Waals surface area (Å²) in [5.74, 6) is 0.174. The number of nitrogens with zero attached hydrogens (tertiary/aromatic N) is 3. The van der Waals surface area contributed by atoms with Crippen LogP contribution in [-0.2, 0) is 0 Å². The Hall–Kier alpha value is -3.72. The lowest BCUT2D eigenvalue weighted by Gasteiger charge is -2.06. The van der Waals surface area contributed by atoms with Crippen molar-refractivity contribution in [3.8, 4) is 17.3 Å². The van der Waals surface area contributed by atoms with Crippen molar-refractivity contribution in [1.29, 1.82) is 5.26 Å². The number of H-pyrrole nitrogens is 1. The third kappa shape index (κ3) is 3.62. The van der Waals surface area contributed by atoms with Crippen LogP contribution < -0.4 is 11.0 Å². The topological polar surface area (TPSA) is 93.9 Å². The molecule has 0 saturated carbocycles. The van der Waals surface area contributed by atoms with Gasteiger partial charge in [0, 0.05) is 5.56 Å². The maximum atomic E-state index is 12.1. The summed E-state index contributed by atoms with van der Waals surface area (Å²) in [6.45, 7) is 1.98. The maximum Gasteiger partial charge on any atom is 0.270 e. The summed E-state index contributed by atoms with van der Waals surface area (Å²) >= 11 is 0. The number of benzene rings is 2. The van der Waals surface area contributed by atoms with Crippen molar-refractivity contribution < 1.29 is 0 Å². The van der Waals surface area contributed by atoms with Crippen molar-refractivity contribution in [2.24, 2.45) is 5.10 Å². The van der Waals surface area contributed by atoms with E-state index in [1.165, 1.54) is 0 Å². The standard InChI is InChI=1S/C19H15N5O/c1-13-7-5-6-10-15(13)12-21-24-19-22-17(14-8-3-2-4-9-14)16(11-20)18(25)23-19/h2-10,12H,1H3,(H2,22,23,24,25). The van der Waals surface area contributed by atoms with E-state index in [0.717, 1.165) is 11.1 Å². The average Bonchev–Trinajstić information content (AvgIpc) is 2.63. The molecule has 1 heterocycles. The number of aromatic amines is 1. The highest BCUT2D eigenvalue weighted by atomic mass is 16.1. The summed E-state index contributed by atoms with van der Waals surface area (Å²) in [6, 6.07) is 18.8. The Bertz CT molecular complexity index is 1020. The monoisotopic (exact) mass is 329 g/mol. The Balaban J connectivity index is 1.93. The summed E-state index contributed by atoms with van der Waals surface area (Å²) in [7, 11) is 0. The molecule has 25 heavy (non-hydrogen) atoms. The predicted octanol–water partition coefficient (Wildman–Crippen LogP) is 3.06. The number of hydrogen-bond acceptors (Lipinski definition) is 5. The largest absolute Gasteiger partial charge is 0.290 e. The van der Waals surface area contributed by atoms with Gasteiger partial charge in [-0.3, -0.25) is 9.78 Å². The number of rotatable bonds is 4. The first-order chi connectivity index (χ1) is 12.2. The predicted molar refractivity (Wildman–Crippen MR) is 97.4 cm³/mol. The van der Waals surface area contributed by atoms with Crippen LogP contribution in [0.25, 0.3) is 11.3 Å². The zero-order chi connectivity index (χ0) is 17.6. The zero-order valence-corrected chi connectivity index (χ0v) is 13.5. The van der Waals surface area contributed by atoms with E-state index in [2.05, 4.69) is 20.5 Å². The first-order valence-corrected chi connectivity index (χ1v) is 7.63. The molecule has 1 aromatic heterocycles. The van der Waals surface area contributed by atoms with Crippen molar-refractivity contribution in [3.05, 3.63) is 81.6 Å². The summed E-state index contributed by atoms with van der Waals surface area (Å²) in [6.07, 6.45) is 1.65. The van der Waals surface area contributed by atoms with Crippen LogP contribution in [0.5, 0.6) is 0 Å². The molecule has 2 N–H and O–H groups in total. The number of hydrogen-bond donors (Lipinski definition) is 2. The fraction of sp³-hybridized carbons (Fsp3) is 0.0526. The molecular weight excluding hydrogens is 314 g/mol. The molecule has 0 amide bonds. The minimum Gasteiger partial charge on any atom is -0.290 e. The van der Waals surface area contributed by atoms with Crippen molar-refractivity contribution in [2.75, 3.05) is 5.43 Å². The minimum absolute atomic E-state index is 0.0281. The Kier molecular flexibility index (Phi) is 4.67. The van der Waals surface area contributed by atoms with Gasteiger partial charge in [-0.05, 0) is 18.1 Å². The van der Waals surface area contributed by atoms with Gasteiger partial charge in [0.15, 0.2) is 0 Å². The summed E-state index contributed by atoms with van der Waals surface area (Å²) in [4.78, 5) is 19.0. The highest BCUT2D eigenvalue weighted by Crippen LogP contribution is 2.19. The molecule has 6 nitrogen and oxygen atoms in total. The van der Waals surface area contributed by atoms with Crippen LogP contribution in [0, 0.1) is 18.3 Å². The molecule has 122 valence electrons. The number of nitrogens with one attached hydrogen (secondary N) is 2. The normalized spacial score (nSPS) is 10.6. The van der Waals surface area contributed by atoms with Crippen LogP contribution in [-0.4, -0.2) is 16.2 Å². The Morgan fingerprint density at radius 1 is 1.16 bits per heavy atom. The zero-order valence-electron chi connectivity index (χ0n) is 13.5. The minimum atomic E-state index is -0.509.